The Balaban J connectivity index is 3.90. The number of hydrogen-bond donors (Lipinski definition) is 2. The smallest absolute Gasteiger partial charge is 0.341 e. The zero-order chi connectivity index (χ0) is 10.4. The number of ether oxygens (including phenoxy) is 1. The Labute approximate surface area is 73.4 Å². The molecule has 0 amide bonds. The molecule has 0 aliphatic carbocycles. The van der Waals surface area contributed by atoms with Crippen LogP contribution >= 0.6 is 0 Å². The molecule has 0 aliphatic rings. The first-order chi connectivity index (χ1) is 5.93. The summed E-state index contributed by atoms with van der Waals surface area (Å²) in [6.07, 6.45) is -0.557. The molecule has 72 valence electrons. The molecular weight excluding hydrogens is 180 g/mol. The van der Waals surface area contributed by atoms with E-state index in [1.807, 2.05) is 0 Å². The van der Waals surface area contributed by atoms with Crippen LogP contribution in [0.4, 0.5) is 0 Å². The van der Waals surface area contributed by atoms with Crippen molar-refractivity contribution in [3.8, 4) is 0 Å². The molecule has 0 aromatic heterocycles. The van der Waals surface area contributed by atoms with Gasteiger partial charge in [0.15, 0.2) is 6.61 Å². The van der Waals surface area contributed by atoms with Gasteiger partial charge in [-0.3, -0.25) is 4.79 Å². The zero-order valence-corrected chi connectivity index (χ0v) is 6.65. The lowest BCUT2D eigenvalue weighted by Gasteiger charge is -2.01. The highest BCUT2D eigenvalue weighted by Crippen LogP contribution is 2.00. The standard InChI is InChI=1S/C7H8O6/c1-4(2-5(8)9)7(12)13-3-6(10)11/h1-3H2,(H,8,9)(H,10,11). The number of rotatable bonds is 5. The van der Waals surface area contributed by atoms with Crippen LogP contribution in [0.5, 0.6) is 0 Å². The van der Waals surface area contributed by atoms with Crippen molar-refractivity contribution in [3.63, 3.8) is 0 Å². The average Bonchev–Trinajstić information content (AvgIpc) is 1.98. The third-order valence-electron chi connectivity index (χ3n) is 0.980. The SMILES string of the molecule is C=C(CC(=O)O)C(=O)OCC(=O)O. The molecule has 6 heteroatoms. The van der Waals surface area contributed by atoms with Crippen LogP contribution in [0.25, 0.3) is 0 Å². The van der Waals surface area contributed by atoms with Crippen molar-refractivity contribution < 1.29 is 29.3 Å². The summed E-state index contributed by atoms with van der Waals surface area (Å²) in [5.74, 6) is -3.54. The second-order valence-corrected chi connectivity index (χ2v) is 2.14. The van der Waals surface area contributed by atoms with Gasteiger partial charge in [0.2, 0.25) is 0 Å². The zero-order valence-electron chi connectivity index (χ0n) is 6.65. The van der Waals surface area contributed by atoms with Gasteiger partial charge in [-0.15, -0.1) is 0 Å². The number of carboxylic acids is 2. The van der Waals surface area contributed by atoms with Crippen LogP contribution in [0.2, 0.25) is 0 Å². The number of esters is 1. The molecule has 0 radical (unpaired) electrons. The van der Waals surface area contributed by atoms with E-state index in [1.165, 1.54) is 0 Å². The van der Waals surface area contributed by atoms with Gasteiger partial charge in [-0.2, -0.15) is 0 Å². The lowest BCUT2D eigenvalue weighted by molar-refractivity contribution is -0.152. The molecule has 0 saturated carbocycles. The Kier molecular flexibility index (Phi) is 4.21. The van der Waals surface area contributed by atoms with Gasteiger partial charge in [0.1, 0.15) is 0 Å². The normalized spacial score (nSPS) is 8.92. The molecule has 2 N–H and O–H groups in total. The summed E-state index contributed by atoms with van der Waals surface area (Å²) in [6.45, 7) is 2.33. The van der Waals surface area contributed by atoms with E-state index in [4.69, 9.17) is 10.2 Å². The molecule has 0 heterocycles. The molecule has 0 rings (SSSR count). The quantitative estimate of drug-likeness (QED) is 0.451. The Morgan fingerprint density at radius 2 is 1.69 bits per heavy atom. The van der Waals surface area contributed by atoms with E-state index in [9.17, 15) is 14.4 Å². The van der Waals surface area contributed by atoms with E-state index >= 15 is 0 Å². The summed E-state index contributed by atoms with van der Waals surface area (Å²) < 4.78 is 4.16. The fraction of sp³-hybridized carbons (Fsp3) is 0.286. The summed E-state index contributed by atoms with van der Waals surface area (Å²) in [6, 6.07) is 0. The monoisotopic (exact) mass is 188 g/mol. The van der Waals surface area contributed by atoms with Crippen molar-refractivity contribution in [1.29, 1.82) is 0 Å². The first kappa shape index (κ1) is 11.2. The van der Waals surface area contributed by atoms with Gasteiger partial charge in [0.25, 0.3) is 0 Å². The number of carboxylic acid groups (broad SMARTS) is 2. The lowest BCUT2D eigenvalue weighted by Crippen LogP contribution is -2.15. The molecule has 0 spiro atoms. The Morgan fingerprint density at radius 1 is 1.15 bits per heavy atom. The van der Waals surface area contributed by atoms with E-state index < -0.39 is 30.9 Å². The van der Waals surface area contributed by atoms with Crippen LogP contribution in [-0.4, -0.2) is 34.7 Å². The molecule has 0 aliphatic heterocycles. The van der Waals surface area contributed by atoms with Crippen molar-refractivity contribution in [3.05, 3.63) is 12.2 Å². The van der Waals surface area contributed by atoms with Gasteiger partial charge < -0.3 is 14.9 Å². The highest BCUT2D eigenvalue weighted by Gasteiger charge is 2.13. The van der Waals surface area contributed by atoms with Crippen LogP contribution in [0, 0.1) is 0 Å². The van der Waals surface area contributed by atoms with Crippen LogP contribution in [0.15, 0.2) is 12.2 Å². The largest absolute Gasteiger partial charge is 0.481 e. The molecule has 0 unspecified atom stereocenters. The minimum Gasteiger partial charge on any atom is -0.481 e. The molecule has 0 atom stereocenters. The molecule has 13 heavy (non-hydrogen) atoms. The average molecular weight is 188 g/mol. The highest BCUT2D eigenvalue weighted by molar-refractivity contribution is 5.93. The van der Waals surface area contributed by atoms with Crippen molar-refractivity contribution in [1.82, 2.24) is 0 Å². The summed E-state index contributed by atoms with van der Waals surface area (Å²) in [4.78, 5) is 30.7. The van der Waals surface area contributed by atoms with Crippen LogP contribution < -0.4 is 0 Å². The van der Waals surface area contributed by atoms with E-state index in [1.54, 1.807) is 0 Å². The number of hydrogen-bond acceptors (Lipinski definition) is 4. The van der Waals surface area contributed by atoms with Crippen LogP contribution in [-0.2, 0) is 19.1 Å². The van der Waals surface area contributed by atoms with Gasteiger partial charge in [-0.1, -0.05) is 6.58 Å². The van der Waals surface area contributed by atoms with Gasteiger partial charge >= 0.3 is 17.9 Å². The second kappa shape index (κ2) is 4.91. The van der Waals surface area contributed by atoms with Crippen LogP contribution in [0.3, 0.4) is 0 Å². The van der Waals surface area contributed by atoms with E-state index in [-0.39, 0.29) is 5.57 Å². The topological polar surface area (TPSA) is 101 Å². The fourth-order valence-corrected chi connectivity index (χ4v) is 0.484. The predicted molar refractivity (Wildman–Crippen MR) is 40.0 cm³/mol. The lowest BCUT2D eigenvalue weighted by atomic mass is 10.2. The van der Waals surface area contributed by atoms with Gasteiger partial charge in [-0.25, -0.2) is 9.59 Å². The summed E-state index contributed by atoms with van der Waals surface area (Å²) >= 11 is 0. The summed E-state index contributed by atoms with van der Waals surface area (Å²) in [7, 11) is 0. The van der Waals surface area contributed by atoms with Crippen LogP contribution in [0.1, 0.15) is 6.42 Å². The molecule has 0 fully saturated rings. The van der Waals surface area contributed by atoms with Gasteiger partial charge in [0, 0.05) is 5.57 Å². The van der Waals surface area contributed by atoms with Crippen molar-refractivity contribution in [2.75, 3.05) is 6.61 Å². The number of carbonyl (C=O) groups excluding carboxylic acids is 1. The molecule has 6 nitrogen and oxygen atoms in total. The van der Waals surface area contributed by atoms with Crippen molar-refractivity contribution >= 4 is 17.9 Å². The third kappa shape index (κ3) is 5.42. The fourth-order valence-electron chi connectivity index (χ4n) is 0.484. The predicted octanol–water partition coefficient (Wildman–Crippen LogP) is -0.355. The maximum absolute atomic E-state index is 10.7. The van der Waals surface area contributed by atoms with Crippen molar-refractivity contribution in [2.24, 2.45) is 0 Å². The maximum Gasteiger partial charge on any atom is 0.341 e. The number of carbonyl (C=O) groups is 3. The van der Waals surface area contributed by atoms with Gasteiger partial charge in [-0.05, 0) is 0 Å². The molecule has 0 aromatic rings. The summed E-state index contributed by atoms with van der Waals surface area (Å²) in [5, 5.41) is 16.3. The van der Waals surface area contributed by atoms with Crippen molar-refractivity contribution in [2.45, 2.75) is 6.42 Å². The first-order valence-electron chi connectivity index (χ1n) is 3.22. The Hall–Kier alpha value is -1.85. The van der Waals surface area contributed by atoms with E-state index in [2.05, 4.69) is 11.3 Å². The first-order valence-corrected chi connectivity index (χ1v) is 3.22. The Bertz CT molecular complexity index is 254. The summed E-state index contributed by atoms with van der Waals surface area (Å²) in [5.41, 5.74) is -0.284. The highest BCUT2D eigenvalue weighted by atomic mass is 16.5. The van der Waals surface area contributed by atoms with E-state index in [0.29, 0.717) is 0 Å². The number of aliphatic carboxylic acids is 2. The minimum absolute atomic E-state index is 0.284. The Morgan fingerprint density at radius 3 is 2.08 bits per heavy atom. The third-order valence-corrected chi connectivity index (χ3v) is 0.980. The maximum atomic E-state index is 10.7. The van der Waals surface area contributed by atoms with Gasteiger partial charge in [0.05, 0.1) is 6.42 Å². The molecule has 0 saturated heterocycles. The molecule has 0 bridgehead atoms. The second-order valence-electron chi connectivity index (χ2n) is 2.14. The molecular formula is C7H8O6. The minimum atomic E-state index is -1.31. The van der Waals surface area contributed by atoms with E-state index in [0.717, 1.165) is 0 Å². The molecule has 0 aromatic carbocycles.